The third kappa shape index (κ3) is 5.66. The van der Waals surface area contributed by atoms with Crippen molar-refractivity contribution in [3.8, 4) is 0 Å². The summed E-state index contributed by atoms with van der Waals surface area (Å²) < 4.78 is 34.9. The summed E-state index contributed by atoms with van der Waals surface area (Å²) in [5.74, 6) is -0.246. The number of anilines is 2. The second kappa shape index (κ2) is 10.1. The molecule has 0 unspecified atom stereocenters. The topological polar surface area (TPSA) is 99.8 Å². The summed E-state index contributed by atoms with van der Waals surface area (Å²) in [5, 5.41) is 6.22. The minimum atomic E-state index is -3.83. The maximum Gasteiger partial charge on any atom is 0.262 e. The highest BCUT2D eigenvalue weighted by Crippen LogP contribution is 2.31. The quantitative estimate of drug-likeness (QED) is 0.572. The first-order chi connectivity index (χ1) is 15.8. The van der Waals surface area contributed by atoms with Crippen molar-refractivity contribution < 1.29 is 17.9 Å². The first kappa shape index (κ1) is 23.5. The number of piperazine rings is 1. The third-order valence-electron chi connectivity index (χ3n) is 6.09. The van der Waals surface area contributed by atoms with E-state index < -0.39 is 10.0 Å². The number of hydrogen-bond donors (Lipinski definition) is 3. The Hall–Kier alpha value is -2.62. The van der Waals surface area contributed by atoms with Crippen LogP contribution in [-0.2, 0) is 14.8 Å². The summed E-state index contributed by atoms with van der Waals surface area (Å²) >= 11 is 0. The van der Waals surface area contributed by atoms with Gasteiger partial charge < -0.3 is 20.3 Å². The summed E-state index contributed by atoms with van der Waals surface area (Å²) in [5.41, 5.74) is 3.25. The van der Waals surface area contributed by atoms with Crippen LogP contribution in [0.4, 0.5) is 11.4 Å². The molecule has 9 heteroatoms. The number of amides is 1. The molecule has 0 radical (unpaired) electrons. The summed E-state index contributed by atoms with van der Waals surface area (Å²) in [7, 11) is -3.83. The van der Waals surface area contributed by atoms with E-state index in [4.69, 9.17) is 4.74 Å². The average Bonchev–Trinajstić information content (AvgIpc) is 3.31. The van der Waals surface area contributed by atoms with E-state index >= 15 is 0 Å². The molecule has 0 saturated carbocycles. The SMILES string of the molecule is Cc1ccc(S(=O)(=O)Nc2cc(C(=O)NC[C@H]3CCCO3)ccc2N2CCNCC2)c(C)c1. The summed E-state index contributed by atoms with van der Waals surface area (Å²) in [6, 6.07) is 10.5. The van der Waals surface area contributed by atoms with Gasteiger partial charge in [0, 0.05) is 44.9 Å². The Labute approximate surface area is 195 Å². The van der Waals surface area contributed by atoms with Gasteiger partial charge in [-0.2, -0.15) is 0 Å². The van der Waals surface area contributed by atoms with Crippen LogP contribution in [-0.4, -0.2) is 59.8 Å². The van der Waals surface area contributed by atoms with E-state index in [-0.39, 0.29) is 16.9 Å². The fourth-order valence-corrected chi connectivity index (χ4v) is 5.65. The molecule has 0 aliphatic carbocycles. The lowest BCUT2D eigenvalue weighted by atomic mass is 10.1. The second-order valence-electron chi connectivity index (χ2n) is 8.69. The lowest BCUT2D eigenvalue weighted by Crippen LogP contribution is -2.43. The van der Waals surface area contributed by atoms with Gasteiger partial charge in [-0.25, -0.2) is 8.42 Å². The van der Waals surface area contributed by atoms with E-state index in [0.29, 0.717) is 23.4 Å². The van der Waals surface area contributed by atoms with Crippen LogP contribution >= 0.6 is 0 Å². The van der Waals surface area contributed by atoms with Crippen molar-refractivity contribution >= 4 is 27.3 Å². The molecule has 0 bridgehead atoms. The van der Waals surface area contributed by atoms with Crippen LogP contribution in [0.2, 0.25) is 0 Å². The molecule has 2 heterocycles. The Balaban J connectivity index is 1.62. The predicted octanol–water partition coefficient (Wildman–Crippen LogP) is 2.42. The molecule has 2 aromatic rings. The monoisotopic (exact) mass is 472 g/mol. The summed E-state index contributed by atoms with van der Waals surface area (Å²) in [6.07, 6.45) is 1.98. The standard InChI is InChI=1S/C24H32N4O4S/c1-17-5-8-23(18(2)14-17)33(30,31)27-21-15-19(24(29)26-16-20-4-3-13-32-20)6-7-22(21)28-11-9-25-10-12-28/h5-8,14-15,20,25,27H,3-4,9-13,16H2,1-2H3,(H,26,29)/t20-/m1/s1. The van der Waals surface area contributed by atoms with E-state index in [9.17, 15) is 13.2 Å². The van der Waals surface area contributed by atoms with Crippen molar-refractivity contribution in [1.29, 1.82) is 0 Å². The zero-order valence-corrected chi connectivity index (χ0v) is 20.0. The van der Waals surface area contributed by atoms with Crippen LogP contribution in [0.3, 0.4) is 0 Å². The molecule has 178 valence electrons. The van der Waals surface area contributed by atoms with Gasteiger partial charge >= 0.3 is 0 Å². The number of hydrogen-bond acceptors (Lipinski definition) is 6. The molecule has 1 amide bonds. The first-order valence-corrected chi connectivity index (χ1v) is 12.9. The molecule has 1 atom stereocenters. The molecule has 4 rings (SSSR count). The fraction of sp³-hybridized carbons (Fsp3) is 0.458. The van der Waals surface area contributed by atoms with Crippen molar-refractivity contribution in [1.82, 2.24) is 10.6 Å². The van der Waals surface area contributed by atoms with E-state index in [1.165, 1.54) is 0 Å². The predicted molar refractivity (Wildman–Crippen MR) is 130 cm³/mol. The largest absolute Gasteiger partial charge is 0.376 e. The van der Waals surface area contributed by atoms with Gasteiger partial charge in [0.1, 0.15) is 0 Å². The number of carbonyl (C=O) groups is 1. The highest BCUT2D eigenvalue weighted by atomic mass is 32.2. The van der Waals surface area contributed by atoms with E-state index in [1.807, 2.05) is 19.1 Å². The Morgan fingerprint density at radius 1 is 1.15 bits per heavy atom. The Kier molecular flexibility index (Phi) is 7.21. The van der Waals surface area contributed by atoms with Gasteiger partial charge in [-0.05, 0) is 56.5 Å². The smallest absolute Gasteiger partial charge is 0.262 e. The molecule has 2 aliphatic rings. The van der Waals surface area contributed by atoms with Gasteiger partial charge in [0.2, 0.25) is 0 Å². The minimum absolute atomic E-state index is 0.0385. The number of aryl methyl sites for hydroxylation is 2. The first-order valence-electron chi connectivity index (χ1n) is 11.4. The lowest BCUT2D eigenvalue weighted by Gasteiger charge is -2.31. The minimum Gasteiger partial charge on any atom is -0.376 e. The molecular weight excluding hydrogens is 440 g/mol. The van der Waals surface area contributed by atoms with Gasteiger partial charge in [-0.3, -0.25) is 9.52 Å². The summed E-state index contributed by atoms with van der Waals surface area (Å²) in [4.78, 5) is 15.2. The molecule has 2 aliphatic heterocycles. The molecule has 0 aromatic heterocycles. The van der Waals surface area contributed by atoms with Crippen LogP contribution in [0.5, 0.6) is 0 Å². The van der Waals surface area contributed by atoms with Gasteiger partial charge in [0.25, 0.3) is 15.9 Å². The van der Waals surface area contributed by atoms with E-state index in [2.05, 4.69) is 20.3 Å². The van der Waals surface area contributed by atoms with Crippen molar-refractivity contribution in [2.24, 2.45) is 0 Å². The zero-order valence-electron chi connectivity index (χ0n) is 19.2. The van der Waals surface area contributed by atoms with Crippen LogP contribution in [0.15, 0.2) is 41.3 Å². The van der Waals surface area contributed by atoms with Crippen LogP contribution in [0.25, 0.3) is 0 Å². The fourth-order valence-electron chi connectivity index (χ4n) is 4.36. The molecule has 2 aromatic carbocycles. The van der Waals surface area contributed by atoms with Crippen molar-refractivity contribution in [3.63, 3.8) is 0 Å². The molecule has 8 nitrogen and oxygen atoms in total. The van der Waals surface area contributed by atoms with Gasteiger partial charge in [-0.15, -0.1) is 0 Å². The lowest BCUT2D eigenvalue weighted by molar-refractivity contribution is 0.0858. The van der Waals surface area contributed by atoms with Crippen molar-refractivity contribution in [2.75, 3.05) is 49.0 Å². The maximum absolute atomic E-state index is 13.3. The Bertz CT molecular complexity index is 1110. The zero-order chi connectivity index (χ0) is 23.4. The number of rotatable bonds is 7. The number of sulfonamides is 1. The average molecular weight is 473 g/mol. The van der Waals surface area contributed by atoms with Crippen molar-refractivity contribution in [3.05, 3.63) is 53.1 Å². The molecule has 0 spiro atoms. The highest BCUT2D eigenvalue weighted by Gasteiger charge is 2.23. The molecule has 2 fully saturated rings. The number of nitrogens with one attached hydrogen (secondary N) is 3. The van der Waals surface area contributed by atoms with Crippen LogP contribution < -0.4 is 20.3 Å². The van der Waals surface area contributed by atoms with Gasteiger partial charge in [0.05, 0.1) is 22.4 Å². The number of carbonyl (C=O) groups excluding carboxylic acids is 1. The maximum atomic E-state index is 13.3. The number of benzene rings is 2. The molecule has 33 heavy (non-hydrogen) atoms. The Morgan fingerprint density at radius 3 is 2.64 bits per heavy atom. The summed E-state index contributed by atoms with van der Waals surface area (Å²) in [6.45, 7) is 8.02. The highest BCUT2D eigenvalue weighted by molar-refractivity contribution is 7.92. The number of nitrogens with zero attached hydrogens (tertiary/aromatic N) is 1. The normalized spacial score (nSPS) is 18.8. The molecule has 2 saturated heterocycles. The molecular formula is C24H32N4O4S. The van der Waals surface area contributed by atoms with E-state index in [1.54, 1.807) is 31.2 Å². The Morgan fingerprint density at radius 2 is 1.94 bits per heavy atom. The van der Waals surface area contributed by atoms with Crippen molar-refractivity contribution in [2.45, 2.75) is 37.7 Å². The molecule has 3 N–H and O–H groups in total. The third-order valence-corrected chi connectivity index (χ3v) is 7.62. The van der Waals surface area contributed by atoms with E-state index in [0.717, 1.165) is 56.9 Å². The van der Waals surface area contributed by atoms with Crippen LogP contribution in [0.1, 0.15) is 34.3 Å². The van der Waals surface area contributed by atoms with Crippen LogP contribution in [0, 0.1) is 13.8 Å². The number of ether oxygens (including phenoxy) is 1. The second-order valence-corrected chi connectivity index (χ2v) is 10.3. The van der Waals surface area contributed by atoms with Gasteiger partial charge in [0.15, 0.2) is 0 Å². The van der Waals surface area contributed by atoms with Gasteiger partial charge in [-0.1, -0.05) is 17.7 Å².